The van der Waals surface area contributed by atoms with Gasteiger partial charge in [-0.1, -0.05) is 0 Å². The molecule has 0 aliphatic heterocycles. The highest BCUT2D eigenvalue weighted by molar-refractivity contribution is 5.77. The molecule has 0 radical (unpaired) electrons. The molecule has 0 aromatic carbocycles. The maximum atomic E-state index is 11.6. The number of nitrogens with one attached hydrogen (secondary N) is 1. The number of hydrogen-bond acceptors (Lipinski definition) is 3. The fourth-order valence-electron chi connectivity index (χ4n) is 2.09. The molecule has 17 heavy (non-hydrogen) atoms. The zero-order chi connectivity index (χ0) is 12.3. The topological polar surface area (TPSA) is 72.9 Å². The van der Waals surface area contributed by atoms with Gasteiger partial charge in [-0.2, -0.15) is 5.10 Å². The molecule has 1 aromatic rings. The van der Waals surface area contributed by atoms with Gasteiger partial charge in [0.15, 0.2) is 0 Å². The molecule has 0 atom stereocenters. The highest BCUT2D eigenvalue weighted by Gasteiger charge is 2.34. The molecule has 0 saturated heterocycles. The summed E-state index contributed by atoms with van der Waals surface area (Å²) >= 11 is 0. The first kappa shape index (κ1) is 12.1. The first-order valence-corrected chi connectivity index (χ1v) is 6.12. The van der Waals surface area contributed by atoms with E-state index in [0.29, 0.717) is 19.5 Å². The lowest BCUT2D eigenvalue weighted by atomic mass is 9.75. The van der Waals surface area contributed by atoms with Crippen LogP contribution in [0.25, 0.3) is 0 Å². The Labute approximate surface area is 101 Å². The summed E-state index contributed by atoms with van der Waals surface area (Å²) in [7, 11) is 0. The van der Waals surface area contributed by atoms with Crippen molar-refractivity contribution in [2.24, 2.45) is 5.73 Å². The highest BCUT2D eigenvalue weighted by atomic mass is 16.1. The Bertz CT molecular complexity index is 395. The molecule has 1 fully saturated rings. The number of rotatable bonds is 5. The summed E-state index contributed by atoms with van der Waals surface area (Å²) in [5.74, 6) is 0.0519. The second kappa shape index (κ2) is 4.87. The van der Waals surface area contributed by atoms with Crippen LogP contribution in [0.5, 0.6) is 0 Å². The number of nitrogens with zero attached hydrogens (tertiary/aromatic N) is 2. The van der Waals surface area contributed by atoms with Crippen LogP contribution >= 0.6 is 0 Å². The van der Waals surface area contributed by atoms with Crippen LogP contribution in [-0.4, -0.2) is 27.8 Å². The van der Waals surface area contributed by atoms with Crippen molar-refractivity contribution < 1.29 is 4.79 Å². The lowest BCUT2D eigenvalue weighted by molar-refractivity contribution is -0.123. The number of nitrogens with two attached hydrogens (primary N) is 1. The van der Waals surface area contributed by atoms with Gasteiger partial charge in [0.1, 0.15) is 0 Å². The molecule has 3 N–H and O–H groups in total. The van der Waals surface area contributed by atoms with E-state index in [1.165, 1.54) is 0 Å². The Hall–Kier alpha value is -1.36. The predicted molar refractivity (Wildman–Crippen MR) is 65.4 cm³/mol. The molecule has 0 spiro atoms. The van der Waals surface area contributed by atoms with E-state index in [4.69, 9.17) is 5.73 Å². The molecule has 1 heterocycles. The van der Waals surface area contributed by atoms with Crippen molar-refractivity contribution in [3.63, 3.8) is 0 Å². The molecule has 2 rings (SSSR count). The van der Waals surface area contributed by atoms with Crippen LogP contribution in [0.3, 0.4) is 0 Å². The molecular formula is C12H20N4O. The van der Waals surface area contributed by atoms with Gasteiger partial charge in [0.25, 0.3) is 0 Å². The Balaban J connectivity index is 1.66. The van der Waals surface area contributed by atoms with Crippen LogP contribution in [0, 0.1) is 6.92 Å². The standard InChI is InChI=1S/C12H20N4O/c1-10-8-15-16(9-10)6-5-14-11(17)7-12(13)3-2-4-12/h8-9H,2-7,13H2,1H3,(H,14,17). The van der Waals surface area contributed by atoms with Gasteiger partial charge in [0.05, 0.1) is 12.7 Å². The Morgan fingerprint density at radius 3 is 2.94 bits per heavy atom. The minimum atomic E-state index is -0.230. The average Bonchev–Trinajstić information content (AvgIpc) is 2.62. The number of hydrogen-bond donors (Lipinski definition) is 2. The fourth-order valence-corrected chi connectivity index (χ4v) is 2.09. The minimum Gasteiger partial charge on any atom is -0.354 e. The van der Waals surface area contributed by atoms with Gasteiger partial charge in [0, 0.05) is 24.7 Å². The third kappa shape index (κ3) is 3.30. The van der Waals surface area contributed by atoms with E-state index in [0.717, 1.165) is 24.8 Å². The van der Waals surface area contributed by atoms with Gasteiger partial charge in [0.2, 0.25) is 5.91 Å². The zero-order valence-corrected chi connectivity index (χ0v) is 10.3. The lowest BCUT2D eigenvalue weighted by Crippen LogP contribution is -2.50. The molecule has 0 bridgehead atoms. The van der Waals surface area contributed by atoms with Gasteiger partial charge in [-0.15, -0.1) is 0 Å². The van der Waals surface area contributed by atoms with Crippen molar-refractivity contribution in [3.05, 3.63) is 18.0 Å². The number of carbonyl (C=O) groups is 1. The molecule has 0 unspecified atom stereocenters. The lowest BCUT2D eigenvalue weighted by Gasteiger charge is -2.37. The first-order chi connectivity index (χ1) is 8.07. The van der Waals surface area contributed by atoms with Gasteiger partial charge in [-0.25, -0.2) is 0 Å². The molecular weight excluding hydrogens is 216 g/mol. The average molecular weight is 236 g/mol. The number of amides is 1. The minimum absolute atomic E-state index is 0.0519. The molecule has 1 aliphatic carbocycles. The van der Waals surface area contributed by atoms with Crippen molar-refractivity contribution in [1.29, 1.82) is 0 Å². The fraction of sp³-hybridized carbons (Fsp3) is 0.667. The Morgan fingerprint density at radius 1 is 1.65 bits per heavy atom. The number of carbonyl (C=O) groups excluding carboxylic acids is 1. The van der Waals surface area contributed by atoms with Crippen LogP contribution in [0.4, 0.5) is 0 Å². The third-order valence-electron chi connectivity index (χ3n) is 3.29. The highest BCUT2D eigenvalue weighted by Crippen LogP contribution is 2.31. The molecule has 1 aliphatic rings. The van der Waals surface area contributed by atoms with Crippen molar-refractivity contribution in [2.45, 2.75) is 44.7 Å². The quantitative estimate of drug-likeness (QED) is 0.785. The summed E-state index contributed by atoms with van der Waals surface area (Å²) in [6.45, 7) is 3.31. The first-order valence-electron chi connectivity index (χ1n) is 6.12. The predicted octanol–water partition coefficient (Wildman–Crippen LogP) is 0.579. The summed E-state index contributed by atoms with van der Waals surface area (Å²) in [6, 6.07) is 0. The summed E-state index contributed by atoms with van der Waals surface area (Å²) in [5.41, 5.74) is 6.91. The Morgan fingerprint density at radius 2 is 2.41 bits per heavy atom. The van der Waals surface area contributed by atoms with E-state index >= 15 is 0 Å². The SMILES string of the molecule is Cc1cnn(CCNC(=O)CC2(N)CCC2)c1. The summed E-state index contributed by atoms with van der Waals surface area (Å²) in [4.78, 5) is 11.6. The van der Waals surface area contributed by atoms with Gasteiger partial charge in [-0.3, -0.25) is 9.48 Å². The smallest absolute Gasteiger partial charge is 0.221 e. The molecule has 5 nitrogen and oxygen atoms in total. The van der Waals surface area contributed by atoms with Crippen molar-refractivity contribution in [2.75, 3.05) is 6.54 Å². The van der Waals surface area contributed by atoms with E-state index in [2.05, 4.69) is 10.4 Å². The molecule has 5 heteroatoms. The van der Waals surface area contributed by atoms with Gasteiger partial charge < -0.3 is 11.1 Å². The monoisotopic (exact) mass is 236 g/mol. The molecule has 1 amide bonds. The molecule has 1 aromatic heterocycles. The number of aryl methyl sites for hydroxylation is 1. The normalized spacial score (nSPS) is 17.5. The van der Waals surface area contributed by atoms with Crippen LogP contribution < -0.4 is 11.1 Å². The van der Waals surface area contributed by atoms with Crippen LogP contribution in [0.2, 0.25) is 0 Å². The second-order valence-corrected chi connectivity index (χ2v) is 5.02. The number of aromatic nitrogens is 2. The van der Waals surface area contributed by atoms with Crippen molar-refractivity contribution in [3.8, 4) is 0 Å². The summed E-state index contributed by atoms with van der Waals surface area (Å²) in [5, 5.41) is 7.04. The largest absolute Gasteiger partial charge is 0.354 e. The van der Waals surface area contributed by atoms with Crippen molar-refractivity contribution in [1.82, 2.24) is 15.1 Å². The van der Waals surface area contributed by atoms with Crippen LogP contribution in [0.15, 0.2) is 12.4 Å². The van der Waals surface area contributed by atoms with Crippen LogP contribution in [0.1, 0.15) is 31.2 Å². The summed E-state index contributed by atoms with van der Waals surface area (Å²) in [6.07, 6.45) is 7.31. The van der Waals surface area contributed by atoms with Crippen LogP contribution in [-0.2, 0) is 11.3 Å². The van der Waals surface area contributed by atoms with E-state index in [-0.39, 0.29) is 11.4 Å². The van der Waals surface area contributed by atoms with Gasteiger partial charge in [-0.05, 0) is 31.7 Å². The maximum absolute atomic E-state index is 11.6. The van der Waals surface area contributed by atoms with E-state index in [1.807, 2.05) is 24.0 Å². The maximum Gasteiger partial charge on any atom is 0.221 e. The Kier molecular flexibility index (Phi) is 3.47. The molecule has 94 valence electrons. The second-order valence-electron chi connectivity index (χ2n) is 5.02. The van der Waals surface area contributed by atoms with Crippen molar-refractivity contribution >= 4 is 5.91 Å². The zero-order valence-electron chi connectivity index (χ0n) is 10.3. The summed E-state index contributed by atoms with van der Waals surface area (Å²) < 4.78 is 1.83. The van der Waals surface area contributed by atoms with E-state index in [1.54, 1.807) is 0 Å². The van der Waals surface area contributed by atoms with E-state index < -0.39 is 0 Å². The van der Waals surface area contributed by atoms with E-state index in [9.17, 15) is 4.79 Å². The van der Waals surface area contributed by atoms with Gasteiger partial charge >= 0.3 is 0 Å². The molecule has 1 saturated carbocycles. The third-order valence-corrected chi connectivity index (χ3v) is 3.29.